The van der Waals surface area contributed by atoms with Crippen LogP contribution in [0.15, 0.2) is 54.6 Å². The molecular formula is C22H33N3O5S2. The lowest BCUT2D eigenvalue weighted by Crippen LogP contribution is -2.41. The molecule has 32 heavy (non-hydrogen) atoms. The number of rotatable bonds is 12. The van der Waals surface area contributed by atoms with Crippen LogP contribution in [0.2, 0.25) is 0 Å². The first-order valence-electron chi connectivity index (χ1n) is 10.4. The maximum Gasteiger partial charge on any atom is 0.214 e. The van der Waals surface area contributed by atoms with Gasteiger partial charge in [0.25, 0.3) is 0 Å². The van der Waals surface area contributed by atoms with Crippen LogP contribution in [0.1, 0.15) is 44.4 Å². The molecule has 2 aromatic carbocycles. The SMILES string of the molecule is CC(C)S(=O)(=O)NCC(C)(O)c1ccc(NC(CCNS(C)(=O)=O)c2ccccc2)cc1. The van der Waals surface area contributed by atoms with Crippen LogP contribution in [0, 0.1) is 0 Å². The Hall–Kier alpha value is -1.98. The molecule has 2 atom stereocenters. The third kappa shape index (κ3) is 8.18. The Morgan fingerprint density at radius 1 is 0.938 bits per heavy atom. The van der Waals surface area contributed by atoms with Crippen LogP contribution in [-0.2, 0) is 25.6 Å². The molecule has 0 radical (unpaired) electrons. The van der Waals surface area contributed by atoms with Crippen molar-refractivity contribution in [2.45, 2.75) is 44.1 Å². The molecule has 0 spiro atoms. The van der Waals surface area contributed by atoms with Gasteiger partial charge < -0.3 is 10.4 Å². The van der Waals surface area contributed by atoms with Gasteiger partial charge in [-0.2, -0.15) is 0 Å². The second-order valence-electron chi connectivity index (χ2n) is 8.33. The fourth-order valence-electron chi connectivity index (χ4n) is 3.03. The van der Waals surface area contributed by atoms with Gasteiger partial charge >= 0.3 is 0 Å². The molecule has 0 amide bonds. The molecule has 2 rings (SSSR count). The average molecular weight is 484 g/mol. The summed E-state index contributed by atoms with van der Waals surface area (Å²) < 4.78 is 51.7. The zero-order valence-corrected chi connectivity index (χ0v) is 20.5. The molecule has 0 saturated carbocycles. The molecule has 0 bridgehead atoms. The third-order valence-electron chi connectivity index (χ3n) is 5.09. The van der Waals surface area contributed by atoms with Crippen LogP contribution in [0.25, 0.3) is 0 Å². The Morgan fingerprint density at radius 3 is 2.06 bits per heavy atom. The molecule has 0 heterocycles. The van der Waals surface area contributed by atoms with Crippen molar-refractivity contribution in [1.82, 2.24) is 9.44 Å². The van der Waals surface area contributed by atoms with E-state index in [0.29, 0.717) is 12.0 Å². The van der Waals surface area contributed by atoms with Gasteiger partial charge in [-0.05, 0) is 50.5 Å². The van der Waals surface area contributed by atoms with Crippen molar-refractivity contribution in [1.29, 1.82) is 0 Å². The summed E-state index contributed by atoms with van der Waals surface area (Å²) in [4.78, 5) is 0. The molecule has 4 N–H and O–H groups in total. The van der Waals surface area contributed by atoms with E-state index in [1.54, 1.807) is 45.0 Å². The Labute approximate surface area is 191 Å². The van der Waals surface area contributed by atoms with Crippen LogP contribution >= 0.6 is 0 Å². The van der Waals surface area contributed by atoms with E-state index in [4.69, 9.17) is 0 Å². The maximum absolute atomic E-state index is 12.0. The smallest absolute Gasteiger partial charge is 0.214 e. The molecule has 0 aromatic heterocycles. The molecule has 8 nitrogen and oxygen atoms in total. The standard InChI is InChI=1S/C22H33N3O5S2/c1-17(2)32(29,30)24-16-22(3,26)19-10-12-20(13-11-19)25-21(14-15-23-31(4,27)28)18-8-6-5-7-9-18/h5-13,17,21,23-26H,14-16H2,1-4H3. The summed E-state index contributed by atoms with van der Waals surface area (Å²) in [6.45, 7) is 4.86. The van der Waals surface area contributed by atoms with E-state index in [1.807, 2.05) is 30.3 Å². The fraction of sp³-hybridized carbons (Fsp3) is 0.455. The highest BCUT2D eigenvalue weighted by Gasteiger charge is 2.26. The highest BCUT2D eigenvalue weighted by molar-refractivity contribution is 7.90. The van der Waals surface area contributed by atoms with Crippen molar-refractivity contribution >= 4 is 25.7 Å². The number of anilines is 1. The summed E-state index contributed by atoms with van der Waals surface area (Å²) in [6, 6.07) is 16.7. The van der Waals surface area contributed by atoms with Crippen molar-refractivity contribution in [3.05, 3.63) is 65.7 Å². The van der Waals surface area contributed by atoms with Crippen molar-refractivity contribution < 1.29 is 21.9 Å². The molecule has 0 saturated heterocycles. The van der Waals surface area contributed by atoms with Gasteiger partial charge in [-0.1, -0.05) is 42.5 Å². The van der Waals surface area contributed by atoms with Gasteiger partial charge in [0.2, 0.25) is 20.0 Å². The van der Waals surface area contributed by atoms with E-state index in [2.05, 4.69) is 14.8 Å². The molecule has 10 heteroatoms. The lowest BCUT2D eigenvalue weighted by molar-refractivity contribution is 0.0627. The topological polar surface area (TPSA) is 125 Å². The number of sulfonamides is 2. The molecule has 0 aliphatic carbocycles. The van der Waals surface area contributed by atoms with E-state index < -0.39 is 30.9 Å². The molecular weight excluding hydrogens is 450 g/mol. The third-order valence-corrected chi connectivity index (χ3v) is 7.60. The number of aliphatic hydroxyl groups is 1. The molecule has 0 aliphatic heterocycles. The first-order valence-corrected chi connectivity index (χ1v) is 13.8. The van der Waals surface area contributed by atoms with Crippen LogP contribution in [0.3, 0.4) is 0 Å². The van der Waals surface area contributed by atoms with E-state index >= 15 is 0 Å². The summed E-state index contributed by atoms with van der Waals surface area (Å²) >= 11 is 0. The van der Waals surface area contributed by atoms with Crippen molar-refractivity contribution in [2.24, 2.45) is 0 Å². The lowest BCUT2D eigenvalue weighted by atomic mass is 9.96. The van der Waals surface area contributed by atoms with Crippen LogP contribution in [-0.4, -0.2) is 46.5 Å². The predicted molar refractivity (Wildman–Crippen MR) is 128 cm³/mol. The first kappa shape index (κ1) is 26.3. The summed E-state index contributed by atoms with van der Waals surface area (Å²) in [5.41, 5.74) is 1.01. The molecule has 2 unspecified atom stereocenters. The van der Waals surface area contributed by atoms with Gasteiger partial charge in [0.05, 0.1) is 17.5 Å². The van der Waals surface area contributed by atoms with Gasteiger partial charge in [0, 0.05) is 18.8 Å². The van der Waals surface area contributed by atoms with E-state index in [1.165, 1.54) is 0 Å². The number of benzene rings is 2. The maximum atomic E-state index is 12.0. The monoisotopic (exact) mass is 483 g/mol. The van der Waals surface area contributed by atoms with Gasteiger partial charge in [0.15, 0.2) is 0 Å². The van der Waals surface area contributed by atoms with Gasteiger partial charge in [0.1, 0.15) is 5.60 Å². The van der Waals surface area contributed by atoms with Crippen LogP contribution in [0.5, 0.6) is 0 Å². The van der Waals surface area contributed by atoms with Crippen molar-refractivity contribution in [3.63, 3.8) is 0 Å². The highest BCUT2D eigenvalue weighted by Crippen LogP contribution is 2.26. The van der Waals surface area contributed by atoms with E-state index in [9.17, 15) is 21.9 Å². The quantitative estimate of drug-likeness (QED) is 0.367. The summed E-state index contributed by atoms with van der Waals surface area (Å²) in [7, 11) is -6.76. The largest absolute Gasteiger partial charge is 0.384 e. The number of hydrogen-bond acceptors (Lipinski definition) is 6. The second-order valence-corrected chi connectivity index (χ2v) is 12.5. The zero-order chi connectivity index (χ0) is 24.0. The van der Waals surface area contributed by atoms with Crippen LogP contribution < -0.4 is 14.8 Å². The van der Waals surface area contributed by atoms with Crippen molar-refractivity contribution in [2.75, 3.05) is 24.7 Å². The Morgan fingerprint density at radius 2 is 1.53 bits per heavy atom. The minimum atomic E-state index is -3.48. The average Bonchev–Trinajstić information content (AvgIpc) is 2.72. The summed E-state index contributed by atoms with van der Waals surface area (Å²) in [6.07, 6.45) is 1.66. The minimum Gasteiger partial charge on any atom is -0.384 e. The Bertz CT molecular complexity index is 1070. The van der Waals surface area contributed by atoms with Gasteiger partial charge in [-0.15, -0.1) is 0 Å². The van der Waals surface area contributed by atoms with Crippen molar-refractivity contribution in [3.8, 4) is 0 Å². The first-order chi connectivity index (χ1) is 14.8. The van der Waals surface area contributed by atoms with E-state index in [0.717, 1.165) is 17.5 Å². The summed E-state index contributed by atoms with van der Waals surface area (Å²) in [5, 5.41) is 13.6. The lowest BCUT2D eigenvalue weighted by Gasteiger charge is -2.26. The second kappa shape index (κ2) is 10.8. The highest BCUT2D eigenvalue weighted by atomic mass is 32.2. The fourth-order valence-corrected chi connectivity index (χ4v) is 4.34. The summed E-state index contributed by atoms with van der Waals surface area (Å²) in [5.74, 6) is 0. The van der Waals surface area contributed by atoms with Crippen LogP contribution in [0.4, 0.5) is 5.69 Å². The normalized spacial score (nSPS) is 15.3. The zero-order valence-electron chi connectivity index (χ0n) is 18.9. The minimum absolute atomic E-state index is 0.130. The predicted octanol–water partition coefficient (Wildman–Crippen LogP) is 2.31. The van der Waals surface area contributed by atoms with Gasteiger partial charge in [-0.3, -0.25) is 0 Å². The van der Waals surface area contributed by atoms with Gasteiger partial charge in [-0.25, -0.2) is 26.3 Å². The number of nitrogens with one attached hydrogen (secondary N) is 3. The van der Waals surface area contributed by atoms with E-state index in [-0.39, 0.29) is 19.1 Å². The Kier molecular flexibility index (Phi) is 8.83. The molecule has 0 fully saturated rings. The number of hydrogen-bond donors (Lipinski definition) is 4. The molecule has 2 aromatic rings. The molecule has 178 valence electrons. The molecule has 0 aliphatic rings. The Balaban J connectivity index is 2.11.